The molecule has 1 unspecified atom stereocenters. The average molecular weight is 514 g/mol. The molecule has 1 aromatic heterocycles. The number of hydrazone groups is 1. The number of carbonyl (C=O) groups excluding carboxylic acids is 1. The second kappa shape index (κ2) is 9.32. The second-order valence-electron chi connectivity index (χ2n) is 7.37. The summed E-state index contributed by atoms with van der Waals surface area (Å²) >= 11 is 0. The Balaban J connectivity index is 1.51. The largest absolute Gasteiger partial charge is 0.280 e. The Bertz CT molecular complexity index is 1540. The lowest BCUT2D eigenvalue weighted by Crippen LogP contribution is -2.29. The van der Waals surface area contributed by atoms with E-state index in [0.29, 0.717) is 17.2 Å². The zero-order valence-electron chi connectivity index (χ0n) is 18.2. The van der Waals surface area contributed by atoms with Gasteiger partial charge in [-0.1, -0.05) is 12.1 Å². The first-order valence-electron chi connectivity index (χ1n) is 10.0. The van der Waals surface area contributed by atoms with Crippen LogP contribution in [-0.2, 0) is 24.8 Å². The first-order chi connectivity index (χ1) is 16.5. The summed E-state index contributed by atoms with van der Waals surface area (Å²) in [5.41, 5.74) is 0.777. The minimum atomic E-state index is -4.06. The second-order valence-corrected chi connectivity index (χ2v) is 10.6. The highest BCUT2D eigenvalue weighted by Crippen LogP contribution is 2.26. The summed E-state index contributed by atoms with van der Waals surface area (Å²) in [6, 6.07) is 14.7. The molecule has 0 spiro atoms. The third-order valence-electron chi connectivity index (χ3n) is 4.83. The van der Waals surface area contributed by atoms with Crippen molar-refractivity contribution in [3.8, 4) is 0 Å². The molecular weight excluding hydrogens is 494 g/mol. The number of hydrogen-bond donors (Lipinski definition) is 2. The highest BCUT2D eigenvalue weighted by Gasteiger charge is 2.35. The third kappa shape index (κ3) is 5.40. The van der Waals surface area contributed by atoms with Crippen LogP contribution in [0.3, 0.4) is 0 Å². The molecule has 1 aliphatic rings. The van der Waals surface area contributed by atoms with E-state index in [-0.39, 0.29) is 15.5 Å². The van der Waals surface area contributed by atoms with Crippen LogP contribution in [0.2, 0.25) is 0 Å². The molecule has 3 aromatic rings. The molecule has 0 aliphatic carbocycles. The van der Waals surface area contributed by atoms with Gasteiger partial charge in [0.2, 0.25) is 10.0 Å². The van der Waals surface area contributed by atoms with E-state index in [4.69, 9.17) is 5.14 Å². The molecule has 2 heterocycles. The van der Waals surface area contributed by atoms with Gasteiger partial charge in [-0.05, 0) is 61.5 Å². The number of nitrogens with one attached hydrogen (secondary N) is 1. The Morgan fingerprint density at radius 1 is 0.971 bits per heavy atom. The van der Waals surface area contributed by atoms with Gasteiger partial charge < -0.3 is 0 Å². The van der Waals surface area contributed by atoms with Crippen molar-refractivity contribution < 1.29 is 21.6 Å². The smallest absolute Gasteiger partial charge is 0.280 e. The van der Waals surface area contributed by atoms with Crippen molar-refractivity contribution >= 4 is 48.9 Å². The van der Waals surface area contributed by atoms with Crippen molar-refractivity contribution in [2.75, 3.05) is 9.73 Å². The zero-order valence-corrected chi connectivity index (χ0v) is 19.8. The van der Waals surface area contributed by atoms with Crippen molar-refractivity contribution in [1.29, 1.82) is 0 Å². The third-order valence-corrected chi connectivity index (χ3v) is 7.14. The maximum atomic E-state index is 12.8. The number of sulfonamides is 2. The maximum Gasteiger partial charge on any atom is 0.280 e. The number of nitrogens with two attached hydrogens (primary N) is 1. The van der Waals surface area contributed by atoms with Crippen LogP contribution in [-0.4, -0.2) is 39.5 Å². The molecule has 2 aromatic carbocycles. The summed E-state index contributed by atoms with van der Waals surface area (Å²) in [5.74, 6) is -0.0982. The van der Waals surface area contributed by atoms with Gasteiger partial charge in [0.05, 0.1) is 26.9 Å². The molecule has 180 valence electrons. The van der Waals surface area contributed by atoms with Crippen LogP contribution >= 0.6 is 0 Å². The first-order valence-corrected chi connectivity index (χ1v) is 13.0. The monoisotopic (exact) mass is 513 g/mol. The molecular formula is C21H19N7O5S2. The number of hydrogen-bond acceptors (Lipinski definition) is 9. The van der Waals surface area contributed by atoms with Gasteiger partial charge in [-0.2, -0.15) is 15.2 Å². The van der Waals surface area contributed by atoms with Crippen molar-refractivity contribution in [2.45, 2.75) is 22.8 Å². The van der Waals surface area contributed by atoms with E-state index in [1.165, 1.54) is 42.5 Å². The zero-order chi connectivity index (χ0) is 25.2. The Hall–Kier alpha value is -4.01. The maximum absolute atomic E-state index is 12.8. The quantitative estimate of drug-likeness (QED) is 0.458. The fraction of sp³-hybridized carbons (Fsp3) is 0.0952. The summed E-state index contributed by atoms with van der Waals surface area (Å²) in [5, 5.41) is 18.5. The van der Waals surface area contributed by atoms with E-state index in [0.717, 1.165) is 11.1 Å². The van der Waals surface area contributed by atoms with Gasteiger partial charge in [0.15, 0.2) is 11.9 Å². The van der Waals surface area contributed by atoms with Crippen molar-refractivity contribution in [1.82, 2.24) is 4.98 Å². The molecule has 1 aliphatic heterocycles. The lowest BCUT2D eigenvalue weighted by molar-refractivity contribution is -0.117. The van der Waals surface area contributed by atoms with Gasteiger partial charge in [0.1, 0.15) is 0 Å². The summed E-state index contributed by atoms with van der Waals surface area (Å²) in [6.07, 6.45) is 1.55. The van der Waals surface area contributed by atoms with Gasteiger partial charge in [0, 0.05) is 6.20 Å². The average Bonchev–Trinajstić information content (AvgIpc) is 3.11. The molecule has 0 saturated carbocycles. The predicted molar refractivity (Wildman–Crippen MR) is 128 cm³/mol. The predicted octanol–water partition coefficient (Wildman–Crippen LogP) is 2.40. The first kappa shape index (κ1) is 24.1. The van der Waals surface area contributed by atoms with E-state index in [1.807, 2.05) is 0 Å². The van der Waals surface area contributed by atoms with E-state index < -0.39 is 32.0 Å². The summed E-state index contributed by atoms with van der Waals surface area (Å²) < 4.78 is 50.8. The standard InChI is InChI=1S/C21H19N7O5S2/c1-14-20(25-24-19-7-2-3-12-23-19)21(29)28(26-14)16-8-10-17(11-9-16)35(32,33)27-15-5-4-6-18(13-15)34(22,30)31/h2-13,20,27H,1H3,(H2,22,30,31). The van der Waals surface area contributed by atoms with Crippen LogP contribution < -0.4 is 14.9 Å². The molecule has 1 amide bonds. The van der Waals surface area contributed by atoms with E-state index in [2.05, 4.69) is 25.0 Å². The molecule has 4 rings (SSSR count). The number of amides is 1. The van der Waals surface area contributed by atoms with Crippen LogP contribution in [0, 0.1) is 0 Å². The molecule has 0 saturated heterocycles. The van der Waals surface area contributed by atoms with Crippen molar-refractivity contribution in [3.05, 3.63) is 72.9 Å². The van der Waals surface area contributed by atoms with Crippen LogP contribution in [0.5, 0.6) is 0 Å². The molecule has 12 nitrogen and oxygen atoms in total. The van der Waals surface area contributed by atoms with Crippen LogP contribution in [0.15, 0.2) is 98.0 Å². The van der Waals surface area contributed by atoms with Crippen LogP contribution in [0.25, 0.3) is 0 Å². The van der Waals surface area contributed by atoms with E-state index in [1.54, 1.807) is 31.3 Å². The molecule has 14 heteroatoms. The van der Waals surface area contributed by atoms with Crippen LogP contribution in [0.1, 0.15) is 6.92 Å². The highest BCUT2D eigenvalue weighted by molar-refractivity contribution is 7.92. The molecule has 3 N–H and O–H groups in total. The molecule has 0 bridgehead atoms. The highest BCUT2D eigenvalue weighted by atomic mass is 32.2. The van der Waals surface area contributed by atoms with Gasteiger partial charge in [-0.25, -0.2) is 27.0 Å². The van der Waals surface area contributed by atoms with Crippen LogP contribution in [0.4, 0.5) is 17.2 Å². The van der Waals surface area contributed by atoms with Gasteiger partial charge >= 0.3 is 0 Å². The van der Waals surface area contributed by atoms with E-state index >= 15 is 0 Å². The molecule has 1 atom stereocenters. The van der Waals surface area contributed by atoms with Crippen molar-refractivity contribution in [3.63, 3.8) is 0 Å². The number of benzene rings is 2. The Kier molecular flexibility index (Phi) is 6.43. The van der Waals surface area contributed by atoms with Crippen molar-refractivity contribution in [2.24, 2.45) is 20.5 Å². The Morgan fingerprint density at radius 3 is 2.37 bits per heavy atom. The number of rotatable bonds is 7. The summed E-state index contributed by atoms with van der Waals surface area (Å²) in [6.45, 7) is 1.64. The molecule has 0 fully saturated rings. The number of primary sulfonamides is 1. The number of nitrogens with zero attached hydrogens (tertiary/aromatic N) is 5. The summed E-state index contributed by atoms with van der Waals surface area (Å²) in [4.78, 5) is 16.5. The lowest BCUT2D eigenvalue weighted by atomic mass is 10.2. The van der Waals surface area contributed by atoms with Gasteiger partial charge in [-0.3, -0.25) is 9.52 Å². The molecule has 35 heavy (non-hydrogen) atoms. The minimum Gasteiger partial charge on any atom is -0.280 e. The minimum absolute atomic E-state index is 0.0247. The topological polar surface area (TPSA) is 177 Å². The lowest BCUT2D eigenvalue weighted by Gasteiger charge is -2.14. The SMILES string of the molecule is CC1=NN(c2ccc(S(=O)(=O)Nc3cccc(S(N)(=O)=O)c3)cc2)C(=O)C1N=Nc1ccccn1. The fourth-order valence-corrected chi connectivity index (χ4v) is 4.73. The van der Waals surface area contributed by atoms with Gasteiger partial charge in [0.25, 0.3) is 15.9 Å². The molecule has 0 radical (unpaired) electrons. The number of azo groups is 1. The Labute approximate surface area is 201 Å². The Morgan fingerprint density at radius 2 is 1.71 bits per heavy atom. The number of anilines is 2. The van der Waals surface area contributed by atoms with Gasteiger partial charge in [-0.15, -0.1) is 5.11 Å². The number of pyridine rings is 1. The number of carbonyl (C=O) groups is 1. The number of aromatic nitrogens is 1. The normalized spacial score (nSPS) is 16.5. The summed E-state index contributed by atoms with van der Waals surface area (Å²) in [7, 11) is -8.05. The van der Waals surface area contributed by atoms with E-state index in [9.17, 15) is 21.6 Å². The fourth-order valence-electron chi connectivity index (χ4n) is 3.12.